The second-order valence-electron chi connectivity index (χ2n) is 4.67. The third-order valence-electron chi connectivity index (χ3n) is 2.94. The molecule has 70 valence electrons. The van der Waals surface area contributed by atoms with E-state index in [0.29, 0.717) is 19.1 Å². The largest absolute Gasteiger partial charge is 0.310 e. The minimum Gasteiger partial charge on any atom is -0.310 e. The van der Waals surface area contributed by atoms with Gasteiger partial charge in [-0.15, -0.1) is 0 Å². The first-order valence-electron chi connectivity index (χ1n) is 4.70. The highest BCUT2D eigenvalue weighted by Crippen LogP contribution is 2.26. The van der Waals surface area contributed by atoms with Crippen molar-refractivity contribution in [1.29, 1.82) is 0 Å². The molecule has 0 aliphatic carbocycles. The Morgan fingerprint density at radius 2 is 2.08 bits per heavy atom. The number of halogens is 1. The summed E-state index contributed by atoms with van der Waals surface area (Å²) >= 11 is 0. The lowest BCUT2D eigenvalue weighted by atomic mass is 9.98. The van der Waals surface area contributed by atoms with E-state index in [1.165, 1.54) is 0 Å². The van der Waals surface area contributed by atoms with Gasteiger partial charge in [-0.1, -0.05) is 0 Å². The van der Waals surface area contributed by atoms with E-state index in [0.717, 1.165) is 13.0 Å². The fraction of sp³-hybridized carbons (Fsp3) is 1.00. The van der Waals surface area contributed by atoms with Crippen LogP contribution in [0.1, 0.15) is 20.3 Å². The van der Waals surface area contributed by atoms with Crippen molar-refractivity contribution in [3.8, 4) is 0 Å². The maximum Gasteiger partial charge on any atom is 0.125 e. The molecule has 2 fully saturated rings. The van der Waals surface area contributed by atoms with E-state index >= 15 is 0 Å². The average molecular weight is 172 g/mol. The van der Waals surface area contributed by atoms with Crippen LogP contribution in [-0.2, 0) is 0 Å². The number of nitrogens with one attached hydrogen (secondary N) is 1. The van der Waals surface area contributed by atoms with Crippen molar-refractivity contribution >= 4 is 0 Å². The zero-order valence-electron chi connectivity index (χ0n) is 7.81. The highest BCUT2D eigenvalue weighted by Gasteiger charge is 2.39. The van der Waals surface area contributed by atoms with Gasteiger partial charge in [0.25, 0.3) is 0 Å². The van der Waals surface area contributed by atoms with Crippen LogP contribution in [0.3, 0.4) is 0 Å². The number of likely N-dealkylation sites (tertiary alicyclic amines) is 1. The average Bonchev–Trinajstić information content (AvgIpc) is 2.23. The topological polar surface area (TPSA) is 15.3 Å². The standard InChI is InChI=1S/C9H17FN2/c1-9(2)3-8(4-11-9)12-5-7(10)6-12/h7-8,11H,3-6H2,1-2H3. The summed E-state index contributed by atoms with van der Waals surface area (Å²) in [4.78, 5) is 2.24. The Balaban J connectivity index is 1.84. The molecule has 0 aromatic rings. The van der Waals surface area contributed by atoms with Crippen LogP contribution in [-0.4, -0.2) is 42.3 Å². The molecule has 0 aromatic carbocycles. The molecule has 1 N–H and O–H groups in total. The van der Waals surface area contributed by atoms with E-state index in [1.54, 1.807) is 0 Å². The van der Waals surface area contributed by atoms with Gasteiger partial charge < -0.3 is 5.32 Å². The van der Waals surface area contributed by atoms with E-state index in [1.807, 2.05) is 0 Å². The van der Waals surface area contributed by atoms with Crippen LogP contribution in [0, 0.1) is 0 Å². The molecule has 1 atom stereocenters. The Kier molecular flexibility index (Phi) is 1.88. The molecule has 0 amide bonds. The van der Waals surface area contributed by atoms with Crippen molar-refractivity contribution in [2.75, 3.05) is 19.6 Å². The summed E-state index contributed by atoms with van der Waals surface area (Å²) in [6.07, 6.45) is 0.591. The van der Waals surface area contributed by atoms with Gasteiger partial charge in [0, 0.05) is 31.2 Å². The summed E-state index contributed by atoms with van der Waals surface area (Å²) in [5, 5.41) is 3.45. The first-order valence-corrected chi connectivity index (χ1v) is 4.70. The molecule has 2 aliphatic rings. The predicted octanol–water partition coefficient (Wildman–Crippen LogP) is 0.781. The second kappa shape index (κ2) is 2.67. The van der Waals surface area contributed by atoms with Gasteiger partial charge in [0.15, 0.2) is 0 Å². The zero-order valence-corrected chi connectivity index (χ0v) is 7.81. The molecule has 2 nitrogen and oxygen atoms in total. The molecule has 2 saturated heterocycles. The molecule has 3 heteroatoms. The Morgan fingerprint density at radius 3 is 2.50 bits per heavy atom. The molecule has 12 heavy (non-hydrogen) atoms. The maximum absolute atomic E-state index is 12.6. The van der Waals surface area contributed by atoms with Gasteiger partial charge in [0.2, 0.25) is 0 Å². The van der Waals surface area contributed by atoms with Crippen LogP contribution >= 0.6 is 0 Å². The Labute approximate surface area is 73.1 Å². The van der Waals surface area contributed by atoms with Gasteiger partial charge in [-0.25, -0.2) is 4.39 Å². The van der Waals surface area contributed by atoms with Gasteiger partial charge in [0.1, 0.15) is 6.17 Å². The van der Waals surface area contributed by atoms with Gasteiger partial charge in [-0.05, 0) is 20.3 Å². The second-order valence-corrected chi connectivity index (χ2v) is 4.67. The van der Waals surface area contributed by atoms with Crippen molar-refractivity contribution < 1.29 is 4.39 Å². The summed E-state index contributed by atoms with van der Waals surface area (Å²) < 4.78 is 12.6. The fourth-order valence-electron chi connectivity index (χ4n) is 2.14. The van der Waals surface area contributed by atoms with Gasteiger partial charge >= 0.3 is 0 Å². The quantitative estimate of drug-likeness (QED) is 0.629. The van der Waals surface area contributed by atoms with Crippen molar-refractivity contribution in [1.82, 2.24) is 10.2 Å². The molecule has 0 radical (unpaired) electrons. The molecule has 0 saturated carbocycles. The van der Waals surface area contributed by atoms with Crippen molar-refractivity contribution in [3.05, 3.63) is 0 Å². The smallest absolute Gasteiger partial charge is 0.125 e. The first-order chi connectivity index (χ1) is 5.57. The predicted molar refractivity (Wildman–Crippen MR) is 47.0 cm³/mol. The maximum atomic E-state index is 12.6. The van der Waals surface area contributed by atoms with E-state index in [4.69, 9.17) is 0 Å². The lowest BCUT2D eigenvalue weighted by molar-refractivity contribution is 0.0322. The van der Waals surface area contributed by atoms with E-state index < -0.39 is 6.17 Å². The molecule has 2 rings (SSSR count). The zero-order chi connectivity index (χ0) is 8.77. The van der Waals surface area contributed by atoms with Crippen molar-refractivity contribution in [2.24, 2.45) is 0 Å². The number of hydrogen-bond donors (Lipinski definition) is 1. The molecule has 2 aliphatic heterocycles. The number of nitrogens with zero attached hydrogens (tertiary/aromatic N) is 1. The SMILES string of the molecule is CC1(C)CC(N2CC(F)C2)CN1. The lowest BCUT2D eigenvalue weighted by Gasteiger charge is -2.39. The third-order valence-corrected chi connectivity index (χ3v) is 2.94. The highest BCUT2D eigenvalue weighted by molar-refractivity contribution is 4.97. The van der Waals surface area contributed by atoms with E-state index in [2.05, 4.69) is 24.1 Å². The van der Waals surface area contributed by atoms with E-state index in [9.17, 15) is 4.39 Å². The van der Waals surface area contributed by atoms with Crippen molar-refractivity contribution in [3.63, 3.8) is 0 Å². The number of hydrogen-bond acceptors (Lipinski definition) is 2. The van der Waals surface area contributed by atoms with Gasteiger partial charge in [-0.3, -0.25) is 4.90 Å². The highest BCUT2D eigenvalue weighted by atomic mass is 19.1. The lowest BCUT2D eigenvalue weighted by Crippen LogP contribution is -2.54. The molecule has 2 heterocycles. The molecule has 0 aromatic heterocycles. The summed E-state index contributed by atoms with van der Waals surface area (Å²) in [6.45, 7) is 6.75. The van der Waals surface area contributed by atoms with Crippen LogP contribution in [0.2, 0.25) is 0 Å². The molecular formula is C9H17FN2. The summed E-state index contributed by atoms with van der Waals surface area (Å²) in [5.74, 6) is 0. The minimum atomic E-state index is -0.561. The van der Waals surface area contributed by atoms with Crippen LogP contribution in [0.15, 0.2) is 0 Å². The van der Waals surface area contributed by atoms with Crippen LogP contribution < -0.4 is 5.32 Å². The Morgan fingerprint density at radius 1 is 1.42 bits per heavy atom. The summed E-state index contributed by atoms with van der Waals surface area (Å²) in [6, 6.07) is 0.576. The number of rotatable bonds is 1. The van der Waals surface area contributed by atoms with Gasteiger partial charge in [0.05, 0.1) is 0 Å². The third kappa shape index (κ3) is 1.48. The van der Waals surface area contributed by atoms with Crippen LogP contribution in [0.4, 0.5) is 4.39 Å². The van der Waals surface area contributed by atoms with Gasteiger partial charge in [-0.2, -0.15) is 0 Å². The monoisotopic (exact) mass is 172 g/mol. The fourth-order valence-corrected chi connectivity index (χ4v) is 2.14. The van der Waals surface area contributed by atoms with Crippen molar-refractivity contribution in [2.45, 2.75) is 38.0 Å². The molecular weight excluding hydrogens is 155 g/mol. The van der Waals surface area contributed by atoms with E-state index in [-0.39, 0.29) is 5.54 Å². The molecule has 0 bridgehead atoms. The Bertz CT molecular complexity index is 175. The Hall–Kier alpha value is -0.150. The summed E-state index contributed by atoms with van der Waals surface area (Å²) in [5.41, 5.74) is 0.256. The molecule has 0 spiro atoms. The summed E-state index contributed by atoms with van der Waals surface area (Å²) in [7, 11) is 0. The first kappa shape index (κ1) is 8.45. The number of alkyl halides is 1. The normalized spacial score (nSPS) is 36.8. The van der Waals surface area contributed by atoms with Crippen LogP contribution in [0.5, 0.6) is 0 Å². The minimum absolute atomic E-state index is 0.256. The van der Waals surface area contributed by atoms with Crippen LogP contribution in [0.25, 0.3) is 0 Å². The molecule has 1 unspecified atom stereocenters.